The number of nitrogens with zero attached hydrogens (tertiary/aromatic N) is 7. The molecule has 5 rings (SSSR count). The highest BCUT2D eigenvalue weighted by Crippen LogP contribution is 2.27. The van der Waals surface area contributed by atoms with E-state index < -0.39 is 0 Å². The number of likely N-dealkylation sites (tertiary alicyclic amines) is 1. The fourth-order valence-corrected chi connectivity index (χ4v) is 3.79. The van der Waals surface area contributed by atoms with Gasteiger partial charge in [0.05, 0.1) is 12.8 Å². The Balaban J connectivity index is 1.28. The summed E-state index contributed by atoms with van der Waals surface area (Å²) in [5.41, 5.74) is 2.87. The van der Waals surface area contributed by atoms with Crippen LogP contribution in [0, 0.1) is 0 Å². The zero-order valence-electron chi connectivity index (χ0n) is 15.2. The molecule has 0 N–H and O–H groups in total. The van der Waals surface area contributed by atoms with Gasteiger partial charge in [-0.2, -0.15) is 4.52 Å². The summed E-state index contributed by atoms with van der Waals surface area (Å²) in [6.07, 6.45) is 6.22. The second-order valence-electron chi connectivity index (χ2n) is 6.95. The molecule has 4 aromatic heterocycles. The summed E-state index contributed by atoms with van der Waals surface area (Å²) in [4.78, 5) is 7.16. The monoisotopic (exact) mass is 363 g/mol. The van der Waals surface area contributed by atoms with Crippen molar-refractivity contribution in [2.24, 2.45) is 0 Å². The predicted octanol–water partition coefficient (Wildman–Crippen LogP) is 2.16. The van der Waals surface area contributed by atoms with Gasteiger partial charge in [-0.1, -0.05) is 6.07 Å². The molecular formula is C19H21N7O. The van der Waals surface area contributed by atoms with Crippen molar-refractivity contribution < 1.29 is 4.74 Å². The average molecular weight is 363 g/mol. The fourth-order valence-electron chi connectivity index (χ4n) is 3.79. The van der Waals surface area contributed by atoms with Crippen molar-refractivity contribution in [1.82, 2.24) is 34.1 Å². The van der Waals surface area contributed by atoms with Gasteiger partial charge in [0, 0.05) is 30.9 Å². The quantitative estimate of drug-likeness (QED) is 0.553. The van der Waals surface area contributed by atoms with E-state index >= 15 is 0 Å². The van der Waals surface area contributed by atoms with Gasteiger partial charge in [-0.15, -0.1) is 15.3 Å². The van der Waals surface area contributed by atoms with Crippen molar-refractivity contribution in [1.29, 1.82) is 0 Å². The molecule has 0 aliphatic carbocycles. The van der Waals surface area contributed by atoms with Gasteiger partial charge in [-0.3, -0.25) is 4.90 Å². The minimum Gasteiger partial charge on any atom is -0.480 e. The summed E-state index contributed by atoms with van der Waals surface area (Å²) in [5, 5.41) is 13.1. The second-order valence-corrected chi connectivity index (χ2v) is 6.95. The van der Waals surface area contributed by atoms with Crippen LogP contribution < -0.4 is 4.74 Å². The summed E-state index contributed by atoms with van der Waals surface area (Å²) in [6, 6.07) is 9.78. The Morgan fingerprint density at radius 2 is 1.96 bits per heavy atom. The topological polar surface area (TPSA) is 72.9 Å². The first kappa shape index (κ1) is 16.2. The van der Waals surface area contributed by atoms with E-state index in [0.717, 1.165) is 55.3 Å². The number of methoxy groups -OCH3 is 1. The van der Waals surface area contributed by atoms with Gasteiger partial charge < -0.3 is 9.14 Å². The Hall–Kier alpha value is -3.00. The number of rotatable bonds is 4. The van der Waals surface area contributed by atoms with E-state index in [-0.39, 0.29) is 0 Å². The highest BCUT2D eigenvalue weighted by atomic mass is 16.5. The first-order valence-corrected chi connectivity index (χ1v) is 9.21. The van der Waals surface area contributed by atoms with Crippen LogP contribution in [0.15, 0.2) is 42.7 Å². The lowest BCUT2D eigenvalue weighted by Gasteiger charge is -2.30. The first-order valence-electron chi connectivity index (χ1n) is 9.21. The third kappa shape index (κ3) is 3.02. The second kappa shape index (κ2) is 6.62. The average Bonchev–Trinajstić information content (AvgIpc) is 3.31. The third-order valence-electron chi connectivity index (χ3n) is 5.22. The van der Waals surface area contributed by atoms with Crippen LogP contribution in [-0.2, 0) is 6.54 Å². The molecule has 0 saturated carbocycles. The van der Waals surface area contributed by atoms with Crippen LogP contribution in [0.2, 0.25) is 0 Å². The summed E-state index contributed by atoms with van der Waals surface area (Å²) in [7, 11) is 1.62. The molecule has 1 aliphatic rings. The van der Waals surface area contributed by atoms with Crippen LogP contribution >= 0.6 is 0 Å². The van der Waals surface area contributed by atoms with Crippen molar-refractivity contribution in [2.45, 2.75) is 25.3 Å². The minimum absolute atomic E-state index is 0.358. The number of aromatic nitrogens is 6. The van der Waals surface area contributed by atoms with Crippen LogP contribution in [-0.4, -0.2) is 54.3 Å². The maximum atomic E-state index is 5.24. The van der Waals surface area contributed by atoms with E-state index in [4.69, 9.17) is 9.72 Å². The summed E-state index contributed by atoms with van der Waals surface area (Å²) in [5.74, 6) is 1.86. The Morgan fingerprint density at radius 1 is 1.07 bits per heavy atom. The number of piperidine rings is 1. The van der Waals surface area contributed by atoms with Gasteiger partial charge in [-0.05, 0) is 44.1 Å². The molecule has 4 aromatic rings. The Bertz CT molecular complexity index is 1040. The van der Waals surface area contributed by atoms with Gasteiger partial charge in [-0.25, -0.2) is 4.98 Å². The van der Waals surface area contributed by atoms with E-state index in [1.807, 2.05) is 41.0 Å². The molecule has 0 bridgehead atoms. The first-order chi connectivity index (χ1) is 13.3. The van der Waals surface area contributed by atoms with Crippen LogP contribution in [0.1, 0.15) is 30.3 Å². The summed E-state index contributed by atoms with van der Waals surface area (Å²) < 4.78 is 9.13. The van der Waals surface area contributed by atoms with Gasteiger partial charge in [0.2, 0.25) is 5.88 Å². The summed E-state index contributed by atoms with van der Waals surface area (Å²) in [6.45, 7) is 2.90. The number of imidazole rings is 1. The van der Waals surface area contributed by atoms with Gasteiger partial charge in [0.15, 0.2) is 11.5 Å². The molecule has 0 unspecified atom stereocenters. The number of pyridine rings is 1. The smallest absolute Gasteiger partial charge is 0.231 e. The molecule has 1 saturated heterocycles. The molecule has 27 heavy (non-hydrogen) atoms. The third-order valence-corrected chi connectivity index (χ3v) is 5.22. The number of hydrogen-bond donors (Lipinski definition) is 0. The van der Waals surface area contributed by atoms with E-state index in [0.29, 0.717) is 11.8 Å². The predicted molar refractivity (Wildman–Crippen MR) is 99.8 cm³/mol. The van der Waals surface area contributed by atoms with Crippen LogP contribution in [0.5, 0.6) is 5.88 Å². The van der Waals surface area contributed by atoms with Crippen molar-refractivity contribution in [3.05, 3.63) is 54.2 Å². The van der Waals surface area contributed by atoms with E-state index in [9.17, 15) is 0 Å². The lowest BCUT2D eigenvalue weighted by molar-refractivity contribution is 0.199. The number of hydrogen-bond acceptors (Lipinski definition) is 6. The molecule has 8 nitrogen and oxygen atoms in total. The molecule has 1 fully saturated rings. The SMILES string of the molecule is COc1ccc2nnc(C3CCN(Cc4cn5ccccc5n4)CC3)n2n1. The van der Waals surface area contributed by atoms with Gasteiger partial charge in [0.1, 0.15) is 5.65 Å². The Kier molecular flexibility index (Phi) is 3.97. The molecule has 1 aliphatic heterocycles. The fraction of sp³-hybridized carbons (Fsp3) is 0.368. The van der Waals surface area contributed by atoms with E-state index in [1.165, 1.54) is 0 Å². The van der Waals surface area contributed by atoms with Crippen LogP contribution in [0.3, 0.4) is 0 Å². The van der Waals surface area contributed by atoms with Crippen molar-refractivity contribution in [2.75, 3.05) is 20.2 Å². The minimum atomic E-state index is 0.358. The zero-order valence-corrected chi connectivity index (χ0v) is 15.2. The van der Waals surface area contributed by atoms with Crippen molar-refractivity contribution >= 4 is 11.3 Å². The molecule has 138 valence electrons. The molecule has 0 spiro atoms. The Labute approximate surface area is 156 Å². The van der Waals surface area contributed by atoms with E-state index in [1.54, 1.807) is 7.11 Å². The largest absolute Gasteiger partial charge is 0.480 e. The summed E-state index contributed by atoms with van der Waals surface area (Å²) >= 11 is 0. The normalized spacial score (nSPS) is 16.3. The lowest BCUT2D eigenvalue weighted by Crippen LogP contribution is -2.33. The maximum Gasteiger partial charge on any atom is 0.231 e. The van der Waals surface area contributed by atoms with Gasteiger partial charge in [0.25, 0.3) is 0 Å². The standard InChI is InChI=1S/C19H21N7O/c1-27-18-6-5-17-21-22-19(26(17)23-18)14-7-10-24(11-8-14)12-15-13-25-9-3-2-4-16(25)20-15/h2-6,9,13-14H,7-8,10-12H2,1H3. The molecule has 8 heteroatoms. The number of fused-ring (bicyclic) bond motifs is 2. The van der Waals surface area contributed by atoms with Gasteiger partial charge >= 0.3 is 0 Å². The lowest BCUT2D eigenvalue weighted by atomic mass is 9.96. The molecule has 0 aromatic carbocycles. The van der Waals surface area contributed by atoms with Crippen molar-refractivity contribution in [3.63, 3.8) is 0 Å². The number of ether oxygens (including phenoxy) is 1. The molecule has 5 heterocycles. The molecule has 0 atom stereocenters. The van der Waals surface area contributed by atoms with E-state index in [2.05, 4.69) is 30.8 Å². The molecular weight excluding hydrogens is 342 g/mol. The molecule has 0 amide bonds. The zero-order chi connectivity index (χ0) is 18.2. The Morgan fingerprint density at radius 3 is 2.78 bits per heavy atom. The van der Waals surface area contributed by atoms with Crippen molar-refractivity contribution in [3.8, 4) is 5.88 Å². The van der Waals surface area contributed by atoms with Crippen LogP contribution in [0.25, 0.3) is 11.3 Å². The van der Waals surface area contributed by atoms with Crippen LogP contribution in [0.4, 0.5) is 0 Å². The highest BCUT2D eigenvalue weighted by Gasteiger charge is 2.25. The maximum absolute atomic E-state index is 5.24. The molecule has 0 radical (unpaired) electrons. The highest BCUT2D eigenvalue weighted by molar-refractivity contribution is 5.39.